The second-order valence-corrected chi connectivity index (χ2v) is 5.41. The van der Waals surface area contributed by atoms with E-state index in [1.807, 2.05) is 27.0 Å². The largest absolute Gasteiger partial charge is 0.393 e. The molecule has 2 rings (SSSR count). The van der Waals surface area contributed by atoms with Gasteiger partial charge in [0.1, 0.15) is 5.82 Å². The Hall–Kier alpha value is -1.13. The highest BCUT2D eigenvalue weighted by Gasteiger charge is 2.28. The van der Waals surface area contributed by atoms with E-state index in [1.54, 1.807) is 0 Å². The normalized spacial score (nSPS) is 22.7. The SMILES string of the molecule is Cc1cc(C)c(CO)c(N(C)CC2CC(O)C2)n1. The fraction of sp³-hybridized carbons (Fsp3) is 0.643. The van der Waals surface area contributed by atoms with Gasteiger partial charge in [-0.25, -0.2) is 4.98 Å². The maximum absolute atomic E-state index is 9.48. The van der Waals surface area contributed by atoms with Crippen molar-refractivity contribution in [2.24, 2.45) is 5.92 Å². The molecule has 100 valence electrons. The summed E-state index contributed by atoms with van der Waals surface area (Å²) in [5.41, 5.74) is 2.96. The third-order valence-electron chi connectivity index (χ3n) is 3.72. The van der Waals surface area contributed by atoms with E-state index in [2.05, 4.69) is 9.88 Å². The summed E-state index contributed by atoms with van der Waals surface area (Å²) in [6.45, 7) is 4.88. The summed E-state index contributed by atoms with van der Waals surface area (Å²) < 4.78 is 0. The average Bonchev–Trinajstić information content (AvgIpc) is 2.26. The highest BCUT2D eigenvalue weighted by molar-refractivity contribution is 5.50. The van der Waals surface area contributed by atoms with Crippen molar-refractivity contribution in [1.82, 2.24) is 4.98 Å². The molecule has 0 unspecified atom stereocenters. The summed E-state index contributed by atoms with van der Waals surface area (Å²) in [5.74, 6) is 1.41. The molecule has 4 heteroatoms. The molecule has 1 heterocycles. The second kappa shape index (κ2) is 5.24. The average molecular weight is 250 g/mol. The third kappa shape index (κ3) is 2.65. The van der Waals surface area contributed by atoms with E-state index in [4.69, 9.17) is 0 Å². The summed E-state index contributed by atoms with van der Waals surface area (Å²) in [4.78, 5) is 6.64. The Morgan fingerprint density at radius 1 is 1.39 bits per heavy atom. The number of rotatable bonds is 4. The Morgan fingerprint density at radius 3 is 2.61 bits per heavy atom. The lowest BCUT2D eigenvalue weighted by atomic mass is 9.82. The van der Waals surface area contributed by atoms with Gasteiger partial charge in [-0.05, 0) is 44.2 Å². The van der Waals surface area contributed by atoms with E-state index in [9.17, 15) is 10.2 Å². The number of hydrogen-bond acceptors (Lipinski definition) is 4. The topological polar surface area (TPSA) is 56.6 Å². The molecule has 0 aromatic carbocycles. The van der Waals surface area contributed by atoms with Gasteiger partial charge in [-0.15, -0.1) is 0 Å². The Bertz CT molecular complexity index is 428. The molecule has 0 aliphatic heterocycles. The first-order chi connectivity index (χ1) is 8.51. The maximum Gasteiger partial charge on any atom is 0.134 e. The van der Waals surface area contributed by atoms with Crippen LogP contribution < -0.4 is 4.90 Å². The summed E-state index contributed by atoms with van der Waals surface area (Å²) in [5, 5.41) is 18.8. The molecule has 0 atom stereocenters. The van der Waals surface area contributed by atoms with Gasteiger partial charge < -0.3 is 15.1 Å². The van der Waals surface area contributed by atoms with Crippen LogP contribution in [0.4, 0.5) is 5.82 Å². The fourth-order valence-electron chi connectivity index (χ4n) is 2.68. The Labute approximate surface area is 108 Å². The molecule has 1 aromatic rings. The Balaban J connectivity index is 2.15. The molecule has 4 nitrogen and oxygen atoms in total. The molecule has 1 aliphatic rings. The number of anilines is 1. The van der Waals surface area contributed by atoms with E-state index in [-0.39, 0.29) is 12.7 Å². The number of aryl methyl sites for hydroxylation is 2. The van der Waals surface area contributed by atoms with E-state index >= 15 is 0 Å². The summed E-state index contributed by atoms with van der Waals surface area (Å²) in [6, 6.07) is 2.00. The summed E-state index contributed by atoms with van der Waals surface area (Å²) >= 11 is 0. The fourth-order valence-corrected chi connectivity index (χ4v) is 2.68. The van der Waals surface area contributed by atoms with Crippen molar-refractivity contribution in [2.75, 3.05) is 18.5 Å². The molecule has 1 saturated carbocycles. The first-order valence-corrected chi connectivity index (χ1v) is 6.48. The predicted octanol–water partition coefficient (Wildman–Crippen LogP) is 1.40. The molecule has 0 amide bonds. The summed E-state index contributed by atoms with van der Waals surface area (Å²) in [7, 11) is 2.01. The molecule has 0 saturated heterocycles. The van der Waals surface area contributed by atoms with Gasteiger partial charge in [0.2, 0.25) is 0 Å². The number of aliphatic hydroxyl groups excluding tert-OH is 2. The van der Waals surface area contributed by atoms with E-state index < -0.39 is 0 Å². The Morgan fingerprint density at radius 2 is 2.06 bits per heavy atom. The van der Waals surface area contributed by atoms with Gasteiger partial charge in [-0.3, -0.25) is 0 Å². The summed E-state index contributed by atoms with van der Waals surface area (Å²) in [6.07, 6.45) is 1.64. The Kier molecular flexibility index (Phi) is 3.88. The van der Waals surface area contributed by atoms with Gasteiger partial charge >= 0.3 is 0 Å². The standard InChI is InChI=1S/C14H22N2O2/c1-9-4-10(2)15-14(13(9)8-17)16(3)7-11-5-12(18)6-11/h4,11-12,17-18H,5-8H2,1-3H3. The predicted molar refractivity (Wildman–Crippen MR) is 71.6 cm³/mol. The highest BCUT2D eigenvalue weighted by Crippen LogP contribution is 2.30. The molecule has 1 aliphatic carbocycles. The highest BCUT2D eigenvalue weighted by atomic mass is 16.3. The van der Waals surface area contributed by atoms with Gasteiger partial charge in [0.05, 0.1) is 12.7 Å². The number of aliphatic hydroxyl groups is 2. The molecule has 2 N–H and O–H groups in total. The zero-order chi connectivity index (χ0) is 13.3. The van der Waals surface area contributed by atoms with E-state index in [0.717, 1.165) is 42.0 Å². The van der Waals surface area contributed by atoms with Crippen molar-refractivity contribution in [3.8, 4) is 0 Å². The van der Waals surface area contributed by atoms with Gasteiger partial charge in [0.15, 0.2) is 0 Å². The van der Waals surface area contributed by atoms with Gasteiger partial charge in [0.25, 0.3) is 0 Å². The maximum atomic E-state index is 9.48. The molecule has 0 spiro atoms. The van der Waals surface area contributed by atoms with Gasteiger partial charge in [0, 0.05) is 24.8 Å². The second-order valence-electron chi connectivity index (χ2n) is 5.41. The first-order valence-electron chi connectivity index (χ1n) is 6.48. The van der Waals surface area contributed by atoms with Crippen LogP contribution in [-0.4, -0.2) is 34.9 Å². The number of pyridine rings is 1. The van der Waals surface area contributed by atoms with Crippen molar-refractivity contribution in [3.05, 3.63) is 22.9 Å². The van der Waals surface area contributed by atoms with Gasteiger partial charge in [-0.2, -0.15) is 0 Å². The van der Waals surface area contributed by atoms with Crippen molar-refractivity contribution >= 4 is 5.82 Å². The lowest BCUT2D eigenvalue weighted by molar-refractivity contribution is 0.0464. The van der Waals surface area contributed by atoms with E-state index in [1.165, 1.54) is 0 Å². The lowest BCUT2D eigenvalue weighted by Crippen LogP contribution is -2.37. The van der Waals surface area contributed by atoms with Crippen LogP contribution in [0.2, 0.25) is 0 Å². The molecule has 1 aromatic heterocycles. The van der Waals surface area contributed by atoms with Crippen molar-refractivity contribution in [1.29, 1.82) is 0 Å². The zero-order valence-electron chi connectivity index (χ0n) is 11.3. The molecule has 0 radical (unpaired) electrons. The van der Waals surface area contributed by atoms with E-state index in [0.29, 0.717) is 5.92 Å². The molecule has 1 fully saturated rings. The van der Waals surface area contributed by atoms with Crippen LogP contribution in [0.1, 0.15) is 29.7 Å². The van der Waals surface area contributed by atoms with Crippen LogP contribution in [0.25, 0.3) is 0 Å². The van der Waals surface area contributed by atoms with Crippen LogP contribution in [-0.2, 0) is 6.61 Å². The lowest BCUT2D eigenvalue weighted by Gasteiger charge is -2.35. The smallest absolute Gasteiger partial charge is 0.134 e. The number of nitrogens with zero attached hydrogens (tertiary/aromatic N) is 2. The molecular weight excluding hydrogens is 228 g/mol. The number of aromatic nitrogens is 1. The molecule has 18 heavy (non-hydrogen) atoms. The zero-order valence-corrected chi connectivity index (χ0v) is 11.3. The minimum absolute atomic E-state index is 0.0199. The first kappa shape index (κ1) is 13.3. The van der Waals surface area contributed by atoms with Crippen LogP contribution in [0, 0.1) is 19.8 Å². The van der Waals surface area contributed by atoms with Gasteiger partial charge in [-0.1, -0.05) is 0 Å². The van der Waals surface area contributed by atoms with Crippen LogP contribution in [0.3, 0.4) is 0 Å². The van der Waals surface area contributed by atoms with Crippen molar-refractivity contribution in [2.45, 2.75) is 39.4 Å². The van der Waals surface area contributed by atoms with Crippen molar-refractivity contribution < 1.29 is 10.2 Å². The minimum Gasteiger partial charge on any atom is -0.393 e. The van der Waals surface area contributed by atoms with Crippen LogP contribution in [0.5, 0.6) is 0 Å². The minimum atomic E-state index is -0.118. The third-order valence-corrected chi connectivity index (χ3v) is 3.72. The van der Waals surface area contributed by atoms with Crippen LogP contribution >= 0.6 is 0 Å². The van der Waals surface area contributed by atoms with Crippen LogP contribution in [0.15, 0.2) is 6.07 Å². The molecular formula is C14H22N2O2. The quantitative estimate of drug-likeness (QED) is 0.848. The molecule has 0 bridgehead atoms. The monoisotopic (exact) mass is 250 g/mol. The number of hydrogen-bond donors (Lipinski definition) is 2. The van der Waals surface area contributed by atoms with Crippen molar-refractivity contribution in [3.63, 3.8) is 0 Å².